The van der Waals surface area contributed by atoms with Crippen molar-refractivity contribution in [3.63, 3.8) is 0 Å². The van der Waals surface area contributed by atoms with E-state index in [4.69, 9.17) is 5.84 Å². The Bertz CT molecular complexity index is 1360. The molecular formula is C24H26F2N8O2. The normalized spacial score (nSPS) is 20.3. The quantitative estimate of drug-likeness (QED) is 0.164. The fraction of sp³-hybridized carbons (Fsp3) is 0.375. The number of benzene rings is 1. The van der Waals surface area contributed by atoms with Crippen LogP contribution in [-0.2, 0) is 0 Å². The van der Waals surface area contributed by atoms with E-state index in [1.807, 2.05) is 19.1 Å². The summed E-state index contributed by atoms with van der Waals surface area (Å²) in [6, 6.07) is 8.38. The number of nitrogens with two attached hydrogens (primary N) is 1. The molecule has 1 atom stereocenters. The lowest BCUT2D eigenvalue weighted by atomic mass is 9.89. The van der Waals surface area contributed by atoms with E-state index in [1.54, 1.807) is 28.9 Å². The maximum absolute atomic E-state index is 13.2. The van der Waals surface area contributed by atoms with Crippen molar-refractivity contribution in [1.29, 1.82) is 0 Å². The maximum Gasteiger partial charge on any atom is 0.259 e. The minimum absolute atomic E-state index is 0.0779. The first-order valence-electron chi connectivity index (χ1n) is 11.6. The smallest absolute Gasteiger partial charge is 0.259 e. The van der Waals surface area contributed by atoms with Crippen molar-refractivity contribution in [2.75, 3.05) is 23.3 Å². The number of hydrogen-bond acceptors (Lipinski definition) is 7. The molecule has 0 radical (unpaired) electrons. The second kappa shape index (κ2) is 9.26. The van der Waals surface area contributed by atoms with Crippen LogP contribution in [-0.4, -0.2) is 57.6 Å². The van der Waals surface area contributed by atoms with E-state index < -0.39 is 12.0 Å². The van der Waals surface area contributed by atoms with Gasteiger partial charge in [-0.25, -0.2) is 13.3 Å². The highest BCUT2D eigenvalue weighted by Gasteiger charge is 2.45. The van der Waals surface area contributed by atoms with Crippen LogP contribution < -0.4 is 16.1 Å². The fourth-order valence-electron chi connectivity index (χ4n) is 4.41. The molecule has 188 valence electrons. The van der Waals surface area contributed by atoms with Gasteiger partial charge in [-0.2, -0.15) is 15.3 Å². The van der Waals surface area contributed by atoms with Crippen LogP contribution in [0, 0.1) is 6.92 Å². The standard InChI is InChI=1S/C24H26F2N8O2/c1-14-2-3-15(22(30-27)32-31-16-10-24(25,26)11-16)8-20(14)29-23(36)19-12-28-34-7-4-17(9-21(19)34)33-6-5-18(35)13-33/h2-4,7-9,12,16,18,35H,5-6,10-11,13,27H2,1H3,(H,29,36)/b30-22-,32-31?/t18-/m1/s1. The summed E-state index contributed by atoms with van der Waals surface area (Å²) in [5, 5.41) is 28.6. The number of aliphatic hydroxyl groups excluding tert-OH is 1. The number of aryl methyl sites for hydroxylation is 1. The lowest BCUT2D eigenvalue weighted by Gasteiger charge is -2.30. The van der Waals surface area contributed by atoms with Gasteiger partial charge in [0, 0.05) is 49.1 Å². The summed E-state index contributed by atoms with van der Waals surface area (Å²) in [7, 11) is 0. The third-order valence-electron chi connectivity index (χ3n) is 6.53. The predicted molar refractivity (Wildman–Crippen MR) is 131 cm³/mol. The molecule has 3 aromatic rings. The number of azo groups is 1. The summed E-state index contributed by atoms with van der Waals surface area (Å²) < 4.78 is 27.7. The molecule has 1 aromatic carbocycles. The van der Waals surface area contributed by atoms with Gasteiger partial charge in [0.25, 0.3) is 11.8 Å². The first kappa shape index (κ1) is 23.8. The second-order valence-electron chi connectivity index (χ2n) is 9.23. The van der Waals surface area contributed by atoms with Gasteiger partial charge in [0.15, 0.2) is 5.84 Å². The summed E-state index contributed by atoms with van der Waals surface area (Å²) in [5.41, 5.74) is 3.73. The molecule has 3 heterocycles. The number of nitrogens with one attached hydrogen (secondary N) is 1. The van der Waals surface area contributed by atoms with Gasteiger partial charge in [-0.05, 0) is 37.1 Å². The molecule has 10 nitrogen and oxygen atoms in total. The summed E-state index contributed by atoms with van der Waals surface area (Å²) in [6.45, 7) is 3.12. The molecule has 12 heteroatoms. The van der Waals surface area contributed by atoms with Crippen LogP contribution in [0.1, 0.15) is 40.7 Å². The average Bonchev–Trinajstić information content (AvgIpc) is 3.45. The lowest BCUT2D eigenvalue weighted by molar-refractivity contribution is -0.0847. The number of amidine groups is 1. The monoisotopic (exact) mass is 496 g/mol. The van der Waals surface area contributed by atoms with Crippen molar-refractivity contribution in [1.82, 2.24) is 9.61 Å². The molecule has 1 aliphatic carbocycles. The number of nitrogens with zero attached hydrogens (tertiary/aromatic N) is 6. The molecular weight excluding hydrogens is 470 g/mol. The molecule has 0 spiro atoms. The van der Waals surface area contributed by atoms with Crippen LogP contribution in [0.3, 0.4) is 0 Å². The zero-order chi connectivity index (χ0) is 25.4. The summed E-state index contributed by atoms with van der Waals surface area (Å²) in [5.74, 6) is 2.50. The summed E-state index contributed by atoms with van der Waals surface area (Å²) >= 11 is 0. The Morgan fingerprint density at radius 1 is 1.28 bits per heavy atom. The Labute approximate surface area is 205 Å². The number of hydrogen-bond donors (Lipinski definition) is 3. The van der Waals surface area contributed by atoms with Crippen molar-refractivity contribution in [2.45, 2.75) is 44.3 Å². The number of alkyl halides is 2. The van der Waals surface area contributed by atoms with Crippen molar-refractivity contribution in [2.24, 2.45) is 21.2 Å². The Morgan fingerprint density at radius 3 is 2.78 bits per heavy atom. The molecule has 4 N–H and O–H groups in total. The third kappa shape index (κ3) is 4.76. The zero-order valence-corrected chi connectivity index (χ0v) is 19.6. The van der Waals surface area contributed by atoms with Crippen molar-refractivity contribution < 1.29 is 18.7 Å². The number of anilines is 2. The number of carbonyl (C=O) groups excluding carboxylic acids is 1. The van der Waals surface area contributed by atoms with Crippen LogP contribution in [0.25, 0.3) is 5.52 Å². The number of rotatable bonds is 5. The Morgan fingerprint density at radius 2 is 2.08 bits per heavy atom. The molecule has 36 heavy (non-hydrogen) atoms. The van der Waals surface area contributed by atoms with E-state index in [9.17, 15) is 18.7 Å². The molecule has 2 aromatic heterocycles. The van der Waals surface area contributed by atoms with Gasteiger partial charge < -0.3 is 21.2 Å². The number of carbonyl (C=O) groups is 1. The number of amides is 1. The van der Waals surface area contributed by atoms with E-state index in [1.165, 1.54) is 6.20 Å². The lowest BCUT2D eigenvalue weighted by Crippen LogP contribution is -2.38. The molecule has 0 unspecified atom stereocenters. The number of aromatic nitrogens is 2. The highest BCUT2D eigenvalue weighted by molar-refractivity contribution is 6.10. The third-order valence-corrected chi connectivity index (χ3v) is 6.53. The molecule has 1 saturated carbocycles. The van der Waals surface area contributed by atoms with Gasteiger partial charge in [0.05, 0.1) is 29.4 Å². The number of β-amino-alcohol motifs (C(OH)–C–C–N with tert-alkyl or cyclic N) is 1. The highest BCUT2D eigenvalue weighted by Crippen LogP contribution is 2.39. The van der Waals surface area contributed by atoms with Crippen LogP contribution in [0.15, 0.2) is 58.1 Å². The van der Waals surface area contributed by atoms with Gasteiger partial charge >= 0.3 is 0 Å². The highest BCUT2D eigenvalue weighted by atomic mass is 19.3. The number of fused-ring (bicyclic) bond motifs is 1. The minimum atomic E-state index is -2.69. The summed E-state index contributed by atoms with van der Waals surface area (Å²) in [6.07, 6.45) is 2.94. The number of aliphatic hydroxyl groups is 1. The van der Waals surface area contributed by atoms with E-state index >= 15 is 0 Å². The van der Waals surface area contributed by atoms with E-state index in [-0.39, 0.29) is 30.7 Å². The molecule has 0 bridgehead atoms. The van der Waals surface area contributed by atoms with Crippen LogP contribution >= 0.6 is 0 Å². The largest absolute Gasteiger partial charge is 0.391 e. The number of pyridine rings is 1. The van der Waals surface area contributed by atoms with Crippen LogP contribution in [0.4, 0.5) is 20.2 Å². The fourth-order valence-corrected chi connectivity index (χ4v) is 4.41. The Kier molecular flexibility index (Phi) is 6.12. The van der Waals surface area contributed by atoms with Gasteiger partial charge in [-0.1, -0.05) is 12.1 Å². The van der Waals surface area contributed by atoms with Crippen molar-refractivity contribution >= 4 is 28.6 Å². The Hall–Kier alpha value is -3.93. The second-order valence-corrected chi connectivity index (χ2v) is 9.23. The first-order chi connectivity index (χ1) is 17.2. The SMILES string of the molecule is Cc1ccc(/C(N=NC2CC(F)(F)C2)=N/N)cc1NC(=O)c1cnn2ccc(N3CC[C@@H](O)C3)cc12. The number of halogens is 2. The molecule has 1 saturated heterocycles. The average molecular weight is 497 g/mol. The topological polar surface area (TPSA) is 133 Å². The van der Waals surface area contributed by atoms with Gasteiger partial charge in [-0.3, -0.25) is 4.79 Å². The van der Waals surface area contributed by atoms with Crippen molar-refractivity contribution in [3.05, 3.63) is 59.4 Å². The molecule has 1 amide bonds. The Balaban J connectivity index is 1.35. The van der Waals surface area contributed by atoms with Gasteiger partial charge in [-0.15, -0.1) is 5.11 Å². The molecule has 5 rings (SSSR count). The molecule has 2 fully saturated rings. The van der Waals surface area contributed by atoms with Gasteiger partial charge in [0.2, 0.25) is 0 Å². The molecule has 2 aliphatic rings. The molecule has 1 aliphatic heterocycles. The first-order valence-corrected chi connectivity index (χ1v) is 11.6. The van der Waals surface area contributed by atoms with E-state index in [2.05, 4.69) is 30.6 Å². The van der Waals surface area contributed by atoms with Gasteiger partial charge in [0.1, 0.15) is 0 Å². The predicted octanol–water partition coefficient (Wildman–Crippen LogP) is 3.34. The summed E-state index contributed by atoms with van der Waals surface area (Å²) in [4.78, 5) is 15.3. The maximum atomic E-state index is 13.2. The zero-order valence-electron chi connectivity index (χ0n) is 19.6. The van der Waals surface area contributed by atoms with E-state index in [0.717, 1.165) is 17.8 Å². The minimum Gasteiger partial charge on any atom is -0.391 e. The number of hydrazone groups is 1. The van der Waals surface area contributed by atoms with Crippen LogP contribution in [0.2, 0.25) is 0 Å². The van der Waals surface area contributed by atoms with Crippen molar-refractivity contribution in [3.8, 4) is 0 Å². The van der Waals surface area contributed by atoms with Crippen LogP contribution in [0.5, 0.6) is 0 Å². The van der Waals surface area contributed by atoms with E-state index in [0.29, 0.717) is 35.3 Å².